The molecule has 1 nitrogen and oxygen atoms in total. The fourth-order valence-corrected chi connectivity index (χ4v) is 2.19. The molecular formula is C16H16F2O. The van der Waals surface area contributed by atoms with Gasteiger partial charge >= 0.3 is 0 Å². The predicted molar refractivity (Wildman–Crippen MR) is 70.8 cm³/mol. The summed E-state index contributed by atoms with van der Waals surface area (Å²) in [6, 6.07) is 13.3. The van der Waals surface area contributed by atoms with E-state index in [4.69, 9.17) is 0 Å². The lowest BCUT2D eigenvalue weighted by Crippen LogP contribution is -2.30. The SMILES string of the molecule is CC(O)(Cc1ccccc1)Cc1ccc(F)c(F)c1. The van der Waals surface area contributed by atoms with Crippen LogP contribution < -0.4 is 0 Å². The molecule has 0 saturated carbocycles. The van der Waals surface area contributed by atoms with Gasteiger partial charge in [-0.1, -0.05) is 36.4 Å². The van der Waals surface area contributed by atoms with Crippen LogP contribution in [-0.4, -0.2) is 10.7 Å². The minimum absolute atomic E-state index is 0.277. The molecule has 1 N–H and O–H groups in total. The monoisotopic (exact) mass is 262 g/mol. The van der Waals surface area contributed by atoms with Crippen molar-refractivity contribution in [2.45, 2.75) is 25.4 Å². The molecule has 100 valence electrons. The predicted octanol–water partition coefficient (Wildman–Crippen LogP) is 3.50. The van der Waals surface area contributed by atoms with Crippen molar-refractivity contribution in [3.63, 3.8) is 0 Å². The maximum absolute atomic E-state index is 13.1. The Labute approximate surface area is 111 Å². The van der Waals surface area contributed by atoms with Crippen molar-refractivity contribution < 1.29 is 13.9 Å². The molecule has 0 aromatic heterocycles. The van der Waals surface area contributed by atoms with E-state index in [0.29, 0.717) is 12.0 Å². The molecule has 0 spiro atoms. The van der Waals surface area contributed by atoms with E-state index in [2.05, 4.69) is 0 Å². The molecule has 3 heteroatoms. The molecule has 1 unspecified atom stereocenters. The quantitative estimate of drug-likeness (QED) is 0.894. The van der Waals surface area contributed by atoms with Crippen molar-refractivity contribution in [3.8, 4) is 0 Å². The van der Waals surface area contributed by atoms with Crippen LogP contribution in [0.4, 0.5) is 8.78 Å². The first-order valence-corrected chi connectivity index (χ1v) is 6.16. The summed E-state index contributed by atoms with van der Waals surface area (Å²) in [4.78, 5) is 0. The largest absolute Gasteiger partial charge is 0.389 e. The Hall–Kier alpha value is -1.74. The van der Waals surface area contributed by atoms with Crippen molar-refractivity contribution in [2.24, 2.45) is 0 Å². The van der Waals surface area contributed by atoms with Gasteiger partial charge in [0, 0.05) is 12.8 Å². The maximum Gasteiger partial charge on any atom is 0.159 e. The summed E-state index contributed by atoms with van der Waals surface area (Å²) in [7, 11) is 0. The van der Waals surface area contributed by atoms with Gasteiger partial charge in [0.25, 0.3) is 0 Å². The van der Waals surface area contributed by atoms with Gasteiger partial charge in [-0.3, -0.25) is 0 Å². The summed E-state index contributed by atoms with van der Waals surface area (Å²) in [5.41, 5.74) is 0.598. The van der Waals surface area contributed by atoms with E-state index in [1.807, 2.05) is 30.3 Å². The van der Waals surface area contributed by atoms with Crippen LogP contribution >= 0.6 is 0 Å². The molecule has 2 aromatic rings. The molecule has 0 radical (unpaired) electrons. The molecule has 2 rings (SSSR count). The van der Waals surface area contributed by atoms with E-state index < -0.39 is 17.2 Å². The van der Waals surface area contributed by atoms with Gasteiger partial charge in [0.05, 0.1) is 5.60 Å². The lowest BCUT2D eigenvalue weighted by molar-refractivity contribution is 0.0607. The normalized spacial score (nSPS) is 14.1. The molecule has 0 aliphatic carbocycles. The standard InChI is InChI=1S/C16H16F2O/c1-16(19,10-12-5-3-2-4-6-12)11-13-7-8-14(17)15(18)9-13/h2-9,19H,10-11H2,1H3. The highest BCUT2D eigenvalue weighted by Crippen LogP contribution is 2.20. The molecule has 0 fully saturated rings. The molecule has 0 aliphatic heterocycles. The summed E-state index contributed by atoms with van der Waals surface area (Å²) in [5.74, 6) is -1.75. The Morgan fingerprint density at radius 1 is 0.895 bits per heavy atom. The number of benzene rings is 2. The van der Waals surface area contributed by atoms with E-state index in [-0.39, 0.29) is 6.42 Å². The van der Waals surface area contributed by atoms with Crippen LogP contribution in [0.1, 0.15) is 18.1 Å². The van der Waals surface area contributed by atoms with Gasteiger partial charge in [0.1, 0.15) is 0 Å². The van der Waals surface area contributed by atoms with E-state index in [9.17, 15) is 13.9 Å². The number of halogens is 2. The van der Waals surface area contributed by atoms with Crippen molar-refractivity contribution in [1.29, 1.82) is 0 Å². The number of hydrogen-bond donors (Lipinski definition) is 1. The number of aliphatic hydroxyl groups is 1. The number of hydrogen-bond acceptors (Lipinski definition) is 1. The van der Waals surface area contributed by atoms with Crippen LogP contribution in [0.15, 0.2) is 48.5 Å². The average Bonchev–Trinajstić information content (AvgIpc) is 2.34. The minimum atomic E-state index is -0.994. The van der Waals surface area contributed by atoms with Gasteiger partial charge < -0.3 is 5.11 Å². The van der Waals surface area contributed by atoms with Crippen LogP contribution in [0, 0.1) is 11.6 Å². The molecule has 1 atom stereocenters. The first-order valence-electron chi connectivity index (χ1n) is 6.16. The highest BCUT2D eigenvalue weighted by Gasteiger charge is 2.22. The molecule has 0 saturated heterocycles. The second-order valence-electron chi connectivity index (χ2n) is 5.08. The van der Waals surface area contributed by atoms with E-state index in [0.717, 1.165) is 17.7 Å². The fourth-order valence-electron chi connectivity index (χ4n) is 2.19. The smallest absolute Gasteiger partial charge is 0.159 e. The van der Waals surface area contributed by atoms with Crippen molar-refractivity contribution >= 4 is 0 Å². The highest BCUT2D eigenvalue weighted by molar-refractivity contribution is 5.22. The Morgan fingerprint density at radius 3 is 2.16 bits per heavy atom. The van der Waals surface area contributed by atoms with Crippen molar-refractivity contribution in [3.05, 3.63) is 71.3 Å². The van der Waals surface area contributed by atoms with Gasteiger partial charge in [0.2, 0.25) is 0 Å². The van der Waals surface area contributed by atoms with Crippen LogP contribution in [0.5, 0.6) is 0 Å². The highest BCUT2D eigenvalue weighted by atomic mass is 19.2. The van der Waals surface area contributed by atoms with Gasteiger partial charge in [0.15, 0.2) is 11.6 Å². The fraction of sp³-hybridized carbons (Fsp3) is 0.250. The Kier molecular flexibility index (Phi) is 3.96. The van der Waals surface area contributed by atoms with Gasteiger partial charge in [-0.2, -0.15) is 0 Å². The third-order valence-electron chi connectivity index (χ3n) is 3.00. The second kappa shape index (κ2) is 5.49. The molecule has 0 bridgehead atoms. The van der Waals surface area contributed by atoms with Gasteiger partial charge in [-0.05, 0) is 30.2 Å². The Balaban J connectivity index is 2.10. The summed E-state index contributed by atoms with van der Waals surface area (Å²) in [5, 5.41) is 10.4. The maximum atomic E-state index is 13.1. The van der Waals surface area contributed by atoms with Gasteiger partial charge in [-0.15, -0.1) is 0 Å². The summed E-state index contributed by atoms with van der Waals surface area (Å²) in [6.45, 7) is 1.70. The van der Waals surface area contributed by atoms with E-state index >= 15 is 0 Å². The third-order valence-corrected chi connectivity index (χ3v) is 3.00. The Bertz CT molecular complexity index is 550. The topological polar surface area (TPSA) is 20.2 Å². The third kappa shape index (κ3) is 3.86. The zero-order chi connectivity index (χ0) is 13.9. The zero-order valence-electron chi connectivity index (χ0n) is 10.7. The lowest BCUT2D eigenvalue weighted by atomic mass is 9.90. The lowest BCUT2D eigenvalue weighted by Gasteiger charge is -2.23. The summed E-state index contributed by atoms with van der Waals surface area (Å²) < 4.78 is 26.0. The van der Waals surface area contributed by atoms with Crippen LogP contribution in [0.25, 0.3) is 0 Å². The van der Waals surface area contributed by atoms with Crippen LogP contribution in [-0.2, 0) is 12.8 Å². The molecular weight excluding hydrogens is 246 g/mol. The first-order chi connectivity index (χ1) is 8.96. The molecule has 0 amide bonds. The molecule has 2 aromatic carbocycles. The minimum Gasteiger partial charge on any atom is -0.389 e. The summed E-state index contributed by atoms with van der Waals surface area (Å²) >= 11 is 0. The molecule has 0 aliphatic rings. The summed E-state index contributed by atoms with van der Waals surface area (Å²) in [6.07, 6.45) is 0.742. The molecule has 19 heavy (non-hydrogen) atoms. The molecule has 0 heterocycles. The average molecular weight is 262 g/mol. The number of rotatable bonds is 4. The van der Waals surface area contributed by atoms with Crippen LogP contribution in [0.2, 0.25) is 0 Å². The second-order valence-corrected chi connectivity index (χ2v) is 5.08. The van der Waals surface area contributed by atoms with Crippen molar-refractivity contribution in [2.75, 3.05) is 0 Å². The van der Waals surface area contributed by atoms with Crippen LogP contribution in [0.3, 0.4) is 0 Å². The first kappa shape index (κ1) is 13.7. The van der Waals surface area contributed by atoms with Gasteiger partial charge in [-0.25, -0.2) is 8.78 Å². The van der Waals surface area contributed by atoms with E-state index in [1.165, 1.54) is 6.07 Å². The Morgan fingerprint density at radius 2 is 1.53 bits per heavy atom. The van der Waals surface area contributed by atoms with E-state index in [1.54, 1.807) is 6.92 Å². The van der Waals surface area contributed by atoms with Crippen molar-refractivity contribution in [1.82, 2.24) is 0 Å². The zero-order valence-corrected chi connectivity index (χ0v) is 10.7.